The number of para-hydroxylation sites is 1. The summed E-state index contributed by atoms with van der Waals surface area (Å²) in [5.41, 5.74) is 1.45. The van der Waals surface area contributed by atoms with Crippen molar-refractivity contribution < 1.29 is 19.1 Å². The molecule has 176 valence electrons. The van der Waals surface area contributed by atoms with E-state index < -0.39 is 5.54 Å². The first kappa shape index (κ1) is 25.6. The van der Waals surface area contributed by atoms with Crippen molar-refractivity contribution in [3.05, 3.63) is 42.0 Å². The van der Waals surface area contributed by atoms with Gasteiger partial charge in [-0.25, -0.2) is 0 Å². The van der Waals surface area contributed by atoms with Crippen molar-refractivity contribution in [2.24, 2.45) is 5.92 Å². The van der Waals surface area contributed by atoms with E-state index in [1.807, 2.05) is 30.3 Å². The van der Waals surface area contributed by atoms with Gasteiger partial charge in [-0.15, -0.1) is 0 Å². The minimum absolute atomic E-state index is 0.0647. The second kappa shape index (κ2) is 11.8. The van der Waals surface area contributed by atoms with Gasteiger partial charge in [-0.2, -0.15) is 0 Å². The number of anilines is 1. The van der Waals surface area contributed by atoms with Gasteiger partial charge in [-0.05, 0) is 37.0 Å². The molecule has 0 heterocycles. The second-order valence-corrected chi connectivity index (χ2v) is 8.81. The number of hydrogen-bond donors (Lipinski definition) is 1. The molecule has 1 saturated carbocycles. The first-order valence-corrected chi connectivity index (χ1v) is 11.7. The maximum absolute atomic E-state index is 12.5. The predicted octanol–water partition coefficient (Wildman–Crippen LogP) is 4.78. The van der Waals surface area contributed by atoms with Crippen LogP contribution in [0.4, 0.5) is 5.69 Å². The van der Waals surface area contributed by atoms with Gasteiger partial charge in [0.05, 0.1) is 5.54 Å². The van der Waals surface area contributed by atoms with Crippen LogP contribution >= 0.6 is 0 Å². The molecule has 0 aliphatic heterocycles. The lowest BCUT2D eigenvalue weighted by Crippen LogP contribution is -2.48. The monoisotopic (exact) mass is 442 g/mol. The fraction of sp³-hybridized carbons (Fsp3) is 0.577. The summed E-state index contributed by atoms with van der Waals surface area (Å²) in [5, 5.41) is 3.22. The number of allylic oxidation sites excluding steroid dienone is 1. The van der Waals surface area contributed by atoms with Gasteiger partial charge in [-0.1, -0.05) is 51.0 Å². The van der Waals surface area contributed by atoms with Crippen LogP contribution in [0.3, 0.4) is 0 Å². The van der Waals surface area contributed by atoms with Crippen LogP contribution in [0.1, 0.15) is 73.1 Å². The molecule has 3 atom stereocenters. The van der Waals surface area contributed by atoms with Gasteiger partial charge >= 0.3 is 5.97 Å². The Labute approximate surface area is 192 Å². The first-order chi connectivity index (χ1) is 15.2. The number of amides is 2. The van der Waals surface area contributed by atoms with Gasteiger partial charge in [0, 0.05) is 45.3 Å². The van der Waals surface area contributed by atoms with Gasteiger partial charge in [0.2, 0.25) is 11.8 Å². The Balaban J connectivity index is 2.45. The number of nitrogens with one attached hydrogen (secondary N) is 1. The maximum atomic E-state index is 12.5. The Morgan fingerprint density at radius 2 is 1.78 bits per heavy atom. The Kier molecular flexibility index (Phi) is 9.48. The zero-order valence-corrected chi connectivity index (χ0v) is 20.1. The summed E-state index contributed by atoms with van der Waals surface area (Å²) in [6, 6.07) is 9.52. The molecule has 6 nitrogen and oxygen atoms in total. The van der Waals surface area contributed by atoms with Gasteiger partial charge in [-0.3, -0.25) is 14.4 Å². The third-order valence-corrected chi connectivity index (χ3v) is 6.10. The van der Waals surface area contributed by atoms with Crippen molar-refractivity contribution in [2.45, 2.75) is 84.8 Å². The highest BCUT2D eigenvalue weighted by molar-refractivity contribution is 5.91. The van der Waals surface area contributed by atoms with Crippen molar-refractivity contribution in [3.63, 3.8) is 0 Å². The normalized spacial score (nSPS) is 23.0. The van der Waals surface area contributed by atoms with Crippen molar-refractivity contribution in [1.29, 1.82) is 0 Å². The number of carbonyl (C=O) groups is 3. The van der Waals surface area contributed by atoms with E-state index in [1.54, 1.807) is 11.8 Å². The number of hydrogen-bond acceptors (Lipinski definition) is 4. The molecule has 0 radical (unpaired) electrons. The number of rotatable bonds is 10. The molecular weight excluding hydrogens is 404 g/mol. The Morgan fingerprint density at radius 3 is 2.31 bits per heavy atom. The summed E-state index contributed by atoms with van der Waals surface area (Å²) >= 11 is 0. The smallest absolute Gasteiger partial charge is 0.302 e. The van der Waals surface area contributed by atoms with Gasteiger partial charge in [0.1, 0.15) is 6.10 Å². The summed E-state index contributed by atoms with van der Waals surface area (Å²) in [5.74, 6) is -0.610. The van der Waals surface area contributed by atoms with E-state index >= 15 is 0 Å². The van der Waals surface area contributed by atoms with E-state index in [1.165, 1.54) is 19.4 Å². The summed E-state index contributed by atoms with van der Waals surface area (Å²) in [7, 11) is 0. The standard InChI is InChI=1S/C26H38N2O4/c1-6-8-13-23(12-7-2)26(27-19(3)29)16-22(25(17-26)32-21(5)31)18-28(20(4)30)24-14-10-9-11-15-24/h9-11,13-15,22,25H,6-8,12,16-18H2,1-5H3,(H,27,29)/b23-13-/t22-,25+,26?/m1/s1. The van der Waals surface area contributed by atoms with Crippen LogP contribution in [0.5, 0.6) is 0 Å². The number of benzene rings is 1. The summed E-state index contributed by atoms with van der Waals surface area (Å²) in [4.78, 5) is 38.4. The molecule has 1 aromatic carbocycles. The molecule has 1 unspecified atom stereocenters. The van der Waals surface area contributed by atoms with Crippen LogP contribution in [0, 0.1) is 5.92 Å². The molecule has 1 N–H and O–H groups in total. The van der Waals surface area contributed by atoms with Gasteiger partial charge < -0.3 is 15.0 Å². The summed E-state index contributed by atoms with van der Waals surface area (Å²) in [6.45, 7) is 9.18. The van der Waals surface area contributed by atoms with E-state index in [2.05, 4.69) is 25.2 Å². The third kappa shape index (κ3) is 6.68. The first-order valence-electron chi connectivity index (χ1n) is 11.7. The van der Waals surface area contributed by atoms with Crippen molar-refractivity contribution >= 4 is 23.5 Å². The topological polar surface area (TPSA) is 75.7 Å². The molecular formula is C26H38N2O4. The molecule has 0 bridgehead atoms. The second-order valence-electron chi connectivity index (χ2n) is 8.81. The molecule has 0 aromatic heterocycles. The Hall–Kier alpha value is -2.63. The van der Waals surface area contributed by atoms with Crippen LogP contribution in [0.15, 0.2) is 42.0 Å². The summed E-state index contributed by atoms with van der Waals surface area (Å²) in [6.07, 6.45) is 6.79. The minimum Gasteiger partial charge on any atom is -0.462 e. The van der Waals surface area contributed by atoms with Crippen molar-refractivity contribution in [3.8, 4) is 0 Å². The zero-order valence-electron chi connectivity index (χ0n) is 20.1. The van der Waals surface area contributed by atoms with Crippen LogP contribution in [0.2, 0.25) is 0 Å². The number of unbranched alkanes of at least 4 members (excludes halogenated alkanes) is 1. The van der Waals surface area contributed by atoms with Crippen LogP contribution in [0.25, 0.3) is 0 Å². The molecule has 1 aliphatic carbocycles. The molecule has 0 saturated heterocycles. The number of esters is 1. The van der Waals surface area contributed by atoms with Crippen LogP contribution in [-0.4, -0.2) is 36.0 Å². The molecule has 0 spiro atoms. The van der Waals surface area contributed by atoms with Crippen LogP contribution in [-0.2, 0) is 19.1 Å². The van der Waals surface area contributed by atoms with Gasteiger partial charge in [0.15, 0.2) is 0 Å². The lowest BCUT2D eigenvalue weighted by atomic mass is 9.83. The van der Waals surface area contributed by atoms with E-state index in [0.29, 0.717) is 19.4 Å². The number of carbonyl (C=O) groups excluding carboxylic acids is 3. The van der Waals surface area contributed by atoms with Crippen molar-refractivity contribution in [2.75, 3.05) is 11.4 Å². The quantitative estimate of drug-likeness (QED) is 0.418. The Morgan fingerprint density at radius 1 is 1.09 bits per heavy atom. The largest absolute Gasteiger partial charge is 0.462 e. The highest BCUT2D eigenvalue weighted by atomic mass is 16.5. The van der Waals surface area contributed by atoms with E-state index in [4.69, 9.17) is 4.74 Å². The number of ether oxygens (including phenoxy) is 1. The molecule has 1 aromatic rings. The SMILES string of the molecule is CCC/C=C(/CCC)C1(NC(C)=O)C[C@H](CN(C(C)=O)c2ccccc2)[C@@H](OC(C)=O)C1. The maximum Gasteiger partial charge on any atom is 0.302 e. The third-order valence-electron chi connectivity index (χ3n) is 6.10. The molecule has 2 rings (SSSR count). The lowest BCUT2D eigenvalue weighted by molar-refractivity contribution is -0.147. The van der Waals surface area contributed by atoms with E-state index in [-0.39, 0.29) is 29.8 Å². The Bertz CT molecular complexity index is 820. The highest BCUT2D eigenvalue weighted by Crippen LogP contribution is 2.44. The number of nitrogens with zero attached hydrogens (tertiary/aromatic N) is 1. The predicted molar refractivity (Wildman–Crippen MR) is 127 cm³/mol. The fourth-order valence-electron chi connectivity index (χ4n) is 4.87. The molecule has 6 heteroatoms. The fourth-order valence-corrected chi connectivity index (χ4v) is 4.87. The zero-order chi connectivity index (χ0) is 23.7. The molecule has 2 amide bonds. The van der Waals surface area contributed by atoms with E-state index in [0.717, 1.165) is 31.4 Å². The average molecular weight is 443 g/mol. The molecule has 1 aliphatic rings. The van der Waals surface area contributed by atoms with Crippen LogP contribution < -0.4 is 10.2 Å². The molecule has 1 fully saturated rings. The van der Waals surface area contributed by atoms with Crippen molar-refractivity contribution in [1.82, 2.24) is 5.32 Å². The average Bonchev–Trinajstić information content (AvgIpc) is 3.05. The summed E-state index contributed by atoms with van der Waals surface area (Å²) < 4.78 is 5.75. The van der Waals surface area contributed by atoms with Gasteiger partial charge in [0.25, 0.3) is 0 Å². The van der Waals surface area contributed by atoms with E-state index in [9.17, 15) is 14.4 Å². The highest BCUT2D eigenvalue weighted by Gasteiger charge is 2.49. The minimum atomic E-state index is -0.569. The molecule has 32 heavy (non-hydrogen) atoms. The lowest BCUT2D eigenvalue weighted by Gasteiger charge is -2.34.